The van der Waals surface area contributed by atoms with Crippen LogP contribution in [0.15, 0.2) is 42.5 Å². The lowest BCUT2D eigenvalue weighted by Gasteiger charge is -2.31. The van der Waals surface area contributed by atoms with Gasteiger partial charge in [-0.05, 0) is 75.0 Å². The number of nitrogens with zero attached hydrogens (tertiary/aromatic N) is 1. The second kappa shape index (κ2) is 14.8. The van der Waals surface area contributed by atoms with Crippen LogP contribution in [0.5, 0.6) is 0 Å². The molecule has 0 unspecified atom stereocenters. The molecule has 0 radical (unpaired) electrons. The van der Waals surface area contributed by atoms with Crippen LogP contribution in [0, 0.1) is 24.6 Å². The highest BCUT2D eigenvalue weighted by Crippen LogP contribution is 2.28. The highest BCUT2D eigenvalue weighted by molar-refractivity contribution is 5.37. The van der Waals surface area contributed by atoms with Crippen LogP contribution in [-0.4, -0.2) is 31.1 Å². The normalized spacial score (nSPS) is 14.3. The number of unbranched alkanes of at least 4 members (excludes halogenated alkanes) is 1. The van der Waals surface area contributed by atoms with Gasteiger partial charge >= 0.3 is 0 Å². The minimum atomic E-state index is -0.212. The average molecular weight is 437 g/mol. The van der Waals surface area contributed by atoms with Gasteiger partial charge in [0.2, 0.25) is 0 Å². The fraction of sp³-hybridized carbons (Fsp3) is 0.517. The quantitative estimate of drug-likeness (QED) is 0.367. The van der Waals surface area contributed by atoms with E-state index in [4.69, 9.17) is 0 Å². The number of aryl methyl sites for hydroxylation is 1. The fourth-order valence-corrected chi connectivity index (χ4v) is 4.00. The van der Waals surface area contributed by atoms with Crippen molar-refractivity contribution in [3.8, 4) is 11.8 Å². The Morgan fingerprint density at radius 3 is 2.44 bits per heavy atom. The van der Waals surface area contributed by atoms with E-state index < -0.39 is 0 Å². The summed E-state index contributed by atoms with van der Waals surface area (Å²) in [6.07, 6.45) is 5.52. The van der Waals surface area contributed by atoms with Crippen LogP contribution >= 0.6 is 0 Å². The van der Waals surface area contributed by atoms with Gasteiger partial charge in [0.05, 0.1) is 5.56 Å². The van der Waals surface area contributed by atoms with E-state index in [1.807, 2.05) is 26.0 Å². The summed E-state index contributed by atoms with van der Waals surface area (Å²) in [5.41, 5.74) is 4.28. The zero-order valence-corrected chi connectivity index (χ0v) is 20.5. The largest absolute Gasteiger partial charge is 0.313 e. The Hall–Kier alpha value is -2.15. The summed E-state index contributed by atoms with van der Waals surface area (Å²) >= 11 is 0. The van der Waals surface area contributed by atoms with Crippen LogP contribution in [0.2, 0.25) is 0 Å². The average Bonchev–Trinajstić information content (AvgIpc) is 2.83. The number of hydrogen-bond acceptors (Lipinski definition) is 2. The number of benzene rings is 2. The number of nitrogens with one attached hydrogen (secondary N) is 1. The van der Waals surface area contributed by atoms with E-state index in [2.05, 4.69) is 60.2 Å². The van der Waals surface area contributed by atoms with Crippen LogP contribution in [-0.2, 0) is 6.54 Å². The van der Waals surface area contributed by atoms with Gasteiger partial charge in [-0.2, -0.15) is 0 Å². The molecule has 0 atom stereocenters. The molecular weight excluding hydrogens is 395 g/mol. The zero-order chi connectivity index (χ0) is 23.2. The summed E-state index contributed by atoms with van der Waals surface area (Å²) in [5.74, 6) is 6.66. The molecule has 2 nitrogen and oxygen atoms in total. The Morgan fingerprint density at radius 2 is 1.78 bits per heavy atom. The van der Waals surface area contributed by atoms with Crippen molar-refractivity contribution in [3.63, 3.8) is 0 Å². The van der Waals surface area contributed by atoms with Crippen molar-refractivity contribution in [1.82, 2.24) is 10.2 Å². The third-order valence-electron chi connectivity index (χ3n) is 5.98. The molecule has 1 saturated heterocycles. The van der Waals surface area contributed by atoms with Gasteiger partial charge in [-0.25, -0.2) is 4.39 Å². The van der Waals surface area contributed by atoms with E-state index in [1.165, 1.54) is 30.4 Å². The van der Waals surface area contributed by atoms with Crippen LogP contribution < -0.4 is 5.32 Å². The topological polar surface area (TPSA) is 15.3 Å². The lowest BCUT2D eigenvalue weighted by molar-refractivity contribution is 0.217. The van der Waals surface area contributed by atoms with E-state index in [0.717, 1.165) is 44.6 Å². The predicted molar refractivity (Wildman–Crippen MR) is 135 cm³/mol. The van der Waals surface area contributed by atoms with Crippen molar-refractivity contribution < 1.29 is 4.39 Å². The molecule has 174 valence electrons. The lowest BCUT2D eigenvalue weighted by atomic mass is 9.89. The Kier molecular flexibility index (Phi) is 12.1. The predicted octanol–water partition coefficient (Wildman–Crippen LogP) is 6.67. The molecule has 32 heavy (non-hydrogen) atoms. The molecule has 1 fully saturated rings. The van der Waals surface area contributed by atoms with E-state index in [9.17, 15) is 4.39 Å². The van der Waals surface area contributed by atoms with Crippen LogP contribution in [0.1, 0.15) is 81.0 Å². The van der Waals surface area contributed by atoms with Gasteiger partial charge < -0.3 is 10.2 Å². The molecule has 1 aliphatic rings. The SMILES string of the molecule is CC.CCCCNCc1ccc(C#CCCN2CCC(c3ccc(C)cc3)CC2)c(F)c1. The van der Waals surface area contributed by atoms with Gasteiger partial charge in [0.15, 0.2) is 0 Å². The molecule has 0 aromatic heterocycles. The first-order valence-corrected chi connectivity index (χ1v) is 12.4. The van der Waals surface area contributed by atoms with Crippen LogP contribution in [0.4, 0.5) is 4.39 Å². The Bertz CT molecular complexity index is 840. The summed E-state index contributed by atoms with van der Waals surface area (Å²) in [4.78, 5) is 2.49. The number of halogens is 1. The first-order valence-electron chi connectivity index (χ1n) is 12.4. The van der Waals surface area contributed by atoms with E-state index in [-0.39, 0.29) is 5.82 Å². The summed E-state index contributed by atoms with van der Waals surface area (Å²) in [5, 5.41) is 3.35. The highest BCUT2D eigenvalue weighted by Gasteiger charge is 2.19. The fourth-order valence-electron chi connectivity index (χ4n) is 4.00. The molecule has 3 rings (SSSR count). The Balaban J connectivity index is 0.00000176. The third-order valence-corrected chi connectivity index (χ3v) is 5.98. The number of rotatable bonds is 8. The Labute approximate surface area is 195 Å². The second-order valence-electron chi connectivity index (χ2n) is 8.42. The molecular formula is C29H41FN2. The van der Waals surface area contributed by atoms with Gasteiger partial charge in [0.25, 0.3) is 0 Å². The third kappa shape index (κ3) is 8.77. The molecule has 1 N–H and O–H groups in total. The smallest absolute Gasteiger partial charge is 0.139 e. The first kappa shape index (κ1) is 26.1. The van der Waals surface area contributed by atoms with E-state index in [0.29, 0.717) is 18.0 Å². The molecule has 2 aromatic carbocycles. The maximum atomic E-state index is 14.3. The molecule has 1 aliphatic heterocycles. The van der Waals surface area contributed by atoms with Crippen molar-refractivity contribution in [3.05, 3.63) is 70.5 Å². The van der Waals surface area contributed by atoms with Gasteiger partial charge in [-0.1, -0.05) is 74.9 Å². The summed E-state index contributed by atoms with van der Waals surface area (Å²) < 4.78 is 14.3. The first-order chi connectivity index (χ1) is 15.7. The standard InChI is InChI=1S/C27H35FN2.C2H6/c1-3-4-16-29-21-23-10-13-26(27(28)20-23)7-5-6-17-30-18-14-25(15-19-30)24-11-8-22(2)9-12-24;1-2/h8-13,20,25,29H,3-4,6,14-19,21H2,1-2H3;1-2H3. The van der Waals surface area contributed by atoms with Crippen LogP contribution in [0.3, 0.4) is 0 Å². The maximum absolute atomic E-state index is 14.3. The van der Waals surface area contributed by atoms with E-state index in [1.54, 1.807) is 6.07 Å². The van der Waals surface area contributed by atoms with E-state index >= 15 is 0 Å². The molecule has 2 aromatic rings. The molecule has 1 heterocycles. The van der Waals surface area contributed by atoms with Crippen LogP contribution in [0.25, 0.3) is 0 Å². The summed E-state index contributed by atoms with van der Waals surface area (Å²) in [6, 6.07) is 14.4. The van der Waals surface area contributed by atoms with Gasteiger partial charge in [0, 0.05) is 19.5 Å². The van der Waals surface area contributed by atoms with Gasteiger partial charge in [-0.15, -0.1) is 0 Å². The monoisotopic (exact) mass is 436 g/mol. The van der Waals surface area contributed by atoms with Crippen molar-refractivity contribution in [1.29, 1.82) is 0 Å². The summed E-state index contributed by atoms with van der Waals surface area (Å²) in [6.45, 7) is 13.2. The minimum Gasteiger partial charge on any atom is -0.313 e. The molecule has 0 bridgehead atoms. The van der Waals surface area contributed by atoms with Crippen molar-refractivity contribution in [2.24, 2.45) is 0 Å². The molecule has 3 heteroatoms. The number of piperidine rings is 1. The van der Waals surface area contributed by atoms with Crippen molar-refractivity contribution >= 4 is 0 Å². The molecule has 0 amide bonds. The maximum Gasteiger partial charge on any atom is 0.139 e. The summed E-state index contributed by atoms with van der Waals surface area (Å²) in [7, 11) is 0. The number of hydrogen-bond donors (Lipinski definition) is 1. The minimum absolute atomic E-state index is 0.212. The molecule has 0 aliphatic carbocycles. The second-order valence-corrected chi connectivity index (χ2v) is 8.42. The Morgan fingerprint density at radius 1 is 1.06 bits per heavy atom. The lowest BCUT2D eigenvalue weighted by Crippen LogP contribution is -2.33. The molecule has 0 spiro atoms. The van der Waals surface area contributed by atoms with Crippen molar-refractivity contribution in [2.45, 2.75) is 72.3 Å². The molecule has 0 saturated carbocycles. The van der Waals surface area contributed by atoms with Gasteiger partial charge in [-0.3, -0.25) is 0 Å². The van der Waals surface area contributed by atoms with Crippen molar-refractivity contribution in [2.75, 3.05) is 26.2 Å². The van der Waals surface area contributed by atoms with Gasteiger partial charge in [0.1, 0.15) is 5.82 Å². The number of likely N-dealkylation sites (tertiary alicyclic amines) is 1. The zero-order valence-electron chi connectivity index (χ0n) is 20.5. The highest BCUT2D eigenvalue weighted by atomic mass is 19.1.